The number of benzene rings is 1. The summed E-state index contributed by atoms with van der Waals surface area (Å²) in [5.41, 5.74) is 1.01. The van der Waals surface area contributed by atoms with E-state index in [-0.39, 0.29) is 0 Å². The second-order valence-electron chi connectivity index (χ2n) is 2.06. The summed E-state index contributed by atoms with van der Waals surface area (Å²) in [5, 5.41) is 0. The van der Waals surface area contributed by atoms with E-state index in [0.717, 1.165) is 5.56 Å². The zero-order chi connectivity index (χ0) is 6.81. The highest BCUT2D eigenvalue weighted by molar-refractivity contribution is 5.24. The van der Waals surface area contributed by atoms with Crippen LogP contribution in [-0.4, -0.2) is 6.79 Å². The number of hydrogen-bond donors (Lipinski definition) is 0. The first kappa shape index (κ1) is 5.89. The van der Waals surface area contributed by atoms with Crippen LogP contribution in [-0.2, 0) is 9.47 Å². The van der Waals surface area contributed by atoms with Gasteiger partial charge in [0, 0.05) is 5.56 Å². The van der Waals surface area contributed by atoms with Gasteiger partial charge in [0.25, 0.3) is 6.29 Å². The van der Waals surface area contributed by atoms with E-state index in [0.29, 0.717) is 13.1 Å². The molecule has 0 spiro atoms. The van der Waals surface area contributed by atoms with Gasteiger partial charge in [-0.15, -0.1) is 0 Å². The first-order valence-electron chi connectivity index (χ1n) is 3.15. The van der Waals surface area contributed by atoms with Crippen molar-refractivity contribution in [1.82, 2.24) is 0 Å². The Kier molecular flexibility index (Phi) is 1.42. The Balaban J connectivity index is 2.18. The Morgan fingerprint density at radius 1 is 1.00 bits per heavy atom. The average Bonchev–Trinajstić information content (AvgIpc) is 1.86. The Morgan fingerprint density at radius 3 is 2.20 bits per heavy atom. The van der Waals surface area contributed by atoms with E-state index >= 15 is 0 Å². The lowest BCUT2D eigenvalue weighted by atomic mass is 10.2. The maximum absolute atomic E-state index is 5.01. The molecule has 2 rings (SSSR count). The minimum Gasteiger partial charge on any atom is -0.314 e. The van der Waals surface area contributed by atoms with Gasteiger partial charge in [-0.3, -0.25) is 0 Å². The van der Waals surface area contributed by atoms with Crippen LogP contribution in [0.2, 0.25) is 0 Å². The monoisotopic (exact) mass is 135 g/mol. The predicted molar refractivity (Wildman–Crippen MR) is 35.8 cm³/mol. The second-order valence-corrected chi connectivity index (χ2v) is 2.06. The Bertz CT molecular complexity index is 204. The molecule has 1 radical (unpaired) electrons. The van der Waals surface area contributed by atoms with E-state index in [2.05, 4.69) is 0 Å². The van der Waals surface area contributed by atoms with Crippen molar-refractivity contribution in [2.75, 3.05) is 6.79 Å². The van der Waals surface area contributed by atoms with E-state index in [1.54, 1.807) is 0 Å². The molecule has 0 aromatic heterocycles. The molecule has 2 heteroatoms. The van der Waals surface area contributed by atoms with Gasteiger partial charge in [0.1, 0.15) is 0 Å². The lowest BCUT2D eigenvalue weighted by Crippen LogP contribution is -2.22. The summed E-state index contributed by atoms with van der Waals surface area (Å²) in [6.45, 7) is 0.393. The fraction of sp³-hybridized carbons (Fsp3) is 0.125. The molecule has 0 saturated carbocycles. The van der Waals surface area contributed by atoms with Crippen LogP contribution < -0.4 is 0 Å². The molecule has 0 unspecified atom stereocenters. The van der Waals surface area contributed by atoms with Crippen LogP contribution in [0.4, 0.5) is 0 Å². The van der Waals surface area contributed by atoms with E-state index in [9.17, 15) is 0 Å². The smallest absolute Gasteiger partial charge is 0.260 e. The second kappa shape index (κ2) is 2.40. The largest absolute Gasteiger partial charge is 0.314 e. The van der Waals surface area contributed by atoms with Crippen LogP contribution in [0.25, 0.3) is 0 Å². The van der Waals surface area contributed by atoms with Gasteiger partial charge in [-0.1, -0.05) is 30.3 Å². The molecule has 0 amide bonds. The van der Waals surface area contributed by atoms with Gasteiger partial charge in [-0.25, -0.2) is 0 Å². The molecule has 0 bridgehead atoms. The SMILES string of the molecule is c1ccc([C]2OCO2)cc1. The van der Waals surface area contributed by atoms with Gasteiger partial charge in [-0.2, -0.15) is 0 Å². The molecule has 1 aromatic carbocycles. The molecule has 10 heavy (non-hydrogen) atoms. The minimum absolute atomic E-state index is 0.393. The van der Waals surface area contributed by atoms with E-state index < -0.39 is 0 Å². The summed E-state index contributed by atoms with van der Waals surface area (Å²) < 4.78 is 10.0. The lowest BCUT2D eigenvalue weighted by Gasteiger charge is -2.24. The molecule has 1 saturated heterocycles. The highest BCUT2D eigenvalue weighted by Gasteiger charge is 2.22. The van der Waals surface area contributed by atoms with Crippen molar-refractivity contribution in [3.8, 4) is 0 Å². The highest BCUT2D eigenvalue weighted by atomic mass is 16.8. The molecule has 1 aliphatic heterocycles. The molecule has 0 aliphatic carbocycles. The third kappa shape index (κ3) is 0.916. The number of hydrogen-bond acceptors (Lipinski definition) is 2. The van der Waals surface area contributed by atoms with Crippen LogP contribution in [0.15, 0.2) is 30.3 Å². The van der Waals surface area contributed by atoms with Crippen molar-refractivity contribution in [2.24, 2.45) is 0 Å². The van der Waals surface area contributed by atoms with Gasteiger partial charge in [0.2, 0.25) is 0 Å². The quantitative estimate of drug-likeness (QED) is 0.581. The Morgan fingerprint density at radius 2 is 1.70 bits per heavy atom. The zero-order valence-electron chi connectivity index (χ0n) is 5.41. The molecule has 2 nitrogen and oxygen atoms in total. The molecule has 1 aromatic rings. The van der Waals surface area contributed by atoms with Crippen molar-refractivity contribution in [3.63, 3.8) is 0 Å². The summed E-state index contributed by atoms with van der Waals surface area (Å²) >= 11 is 0. The highest BCUT2D eigenvalue weighted by Crippen LogP contribution is 2.23. The lowest BCUT2D eigenvalue weighted by molar-refractivity contribution is -0.219. The third-order valence-corrected chi connectivity index (χ3v) is 1.39. The third-order valence-electron chi connectivity index (χ3n) is 1.39. The standard InChI is InChI=1S/C8H7O2/c1-2-4-7(5-3-1)8-9-6-10-8/h1-5H,6H2. The number of ether oxygens (including phenoxy) is 2. The zero-order valence-corrected chi connectivity index (χ0v) is 5.41. The van der Waals surface area contributed by atoms with Crippen molar-refractivity contribution in [3.05, 3.63) is 42.2 Å². The van der Waals surface area contributed by atoms with Crippen LogP contribution in [0.1, 0.15) is 5.56 Å². The summed E-state index contributed by atoms with van der Waals surface area (Å²) in [6.07, 6.45) is 0.639. The van der Waals surface area contributed by atoms with E-state index in [4.69, 9.17) is 9.47 Å². The van der Waals surface area contributed by atoms with Crippen LogP contribution in [0.5, 0.6) is 0 Å². The fourth-order valence-electron chi connectivity index (χ4n) is 0.859. The van der Waals surface area contributed by atoms with Gasteiger partial charge in [-0.05, 0) is 0 Å². The van der Waals surface area contributed by atoms with Crippen molar-refractivity contribution in [1.29, 1.82) is 0 Å². The van der Waals surface area contributed by atoms with Crippen LogP contribution in [0.3, 0.4) is 0 Å². The maximum Gasteiger partial charge on any atom is 0.260 e. The van der Waals surface area contributed by atoms with Crippen molar-refractivity contribution >= 4 is 0 Å². The fourth-order valence-corrected chi connectivity index (χ4v) is 0.859. The maximum atomic E-state index is 5.01. The van der Waals surface area contributed by atoms with E-state index in [1.165, 1.54) is 0 Å². The Labute approximate surface area is 59.4 Å². The first-order valence-corrected chi connectivity index (χ1v) is 3.15. The van der Waals surface area contributed by atoms with Crippen LogP contribution in [0, 0.1) is 6.29 Å². The summed E-state index contributed by atoms with van der Waals surface area (Å²) in [7, 11) is 0. The average molecular weight is 135 g/mol. The molecule has 1 aliphatic rings. The molecular formula is C8H7O2. The predicted octanol–water partition coefficient (Wildman–Crippen LogP) is 1.53. The minimum atomic E-state index is 0.393. The first-order chi connectivity index (χ1) is 4.97. The topological polar surface area (TPSA) is 18.5 Å². The summed E-state index contributed by atoms with van der Waals surface area (Å²) in [4.78, 5) is 0. The van der Waals surface area contributed by atoms with Gasteiger partial charge in [0.05, 0.1) is 0 Å². The molecule has 0 atom stereocenters. The van der Waals surface area contributed by atoms with Gasteiger partial charge < -0.3 is 9.47 Å². The molecular weight excluding hydrogens is 128 g/mol. The molecule has 1 heterocycles. The van der Waals surface area contributed by atoms with Gasteiger partial charge >= 0.3 is 0 Å². The summed E-state index contributed by atoms with van der Waals surface area (Å²) in [5.74, 6) is 0. The summed E-state index contributed by atoms with van der Waals surface area (Å²) in [6, 6.07) is 9.77. The van der Waals surface area contributed by atoms with Crippen LogP contribution >= 0.6 is 0 Å². The van der Waals surface area contributed by atoms with Crippen molar-refractivity contribution < 1.29 is 9.47 Å². The molecule has 51 valence electrons. The van der Waals surface area contributed by atoms with Gasteiger partial charge in [0.15, 0.2) is 6.79 Å². The Hall–Kier alpha value is -0.860. The molecule has 1 fully saturated rings. The number of rotatable bonds is 1. The van der Waals surface area contributed by atoms with E-state index in [1.807, 2.05) is 30.3 Å². The molecule has 0 N–H and O–H groups in total. The van der Waals surface area contributed by atoms with Crippen molar-refractivity contribution in [2.45, 2.75) is 0 Å². The normalized spacial score (nSPS) is 18.4.